The van der Waals surface area contributed by atoms with Crippen molar-refractivity contribution in [2.75, 3.05) is 33.4 Å². The lowest BCUT2D eigenvalue weighted by Crippen LogP contribution is -2.25. The molecule has 0 saturated heterocycles. The van der Waals surface area contributed by atoms with Crippen LogP contribution in [0.25, 0.3) is 22.3 Å². The molecule has 0 atom stereocenters. The zero-order valence-electron chi connectivity index (χ0n) is 20.3. The van der Waals surface area contributed by atoms with Gasteiger partial charge in [-0.1, -0.05) is 25.4 Å². The Bertz CT molecular complexity index is 1270. The first kappa shape index (κ1) is 24.8. The van der Waals surface area contributed by atoms with Gasteiger partial charge in [-0.25, -0.2) is 0 Å². The molecule has 0 amide bonds. The third-order valence-corrected chi connectivity index (χ3v) is 6.36. The Morgan fingerprint density at radius 2 is 1.63 bits per heavy atom. The van der Waals surface area contributed by atoms with Crippen LogP contribution in [-0.2, 0) is 0 Å². The van der Waals surface area contributed by atoms with Crippen molar-refractivity contribution < 1.29 is 18.7 Å². The summed E-state index contributed by atoms with van der Waals surface area (Å²) in [5.74, 6) is 1.87. The quantitative estimate of drug-likeness (QED) is 0.165. The second-order valence-corrected chi connectivity index (χ2v) is 8.69. The van der Waals surface area contributed by atoms with Gasteiger partial charge in [0.2, 0.25) is 0 Å². The Balaban J connectivity index is 1.58. The molecule has 182 valence electrons. The summed E-state index contributed by atoms with van der Waals surface area (Å²) in [5, 5.41) is 1.27. The molecule has 0 aliphatic carbocycles. The number of ketones is 1. The lowest BCUT2D eigenvalue weighted by atomic mass is 9.97. The summed E-state index contributed by atoms with van der Waals surface area (Å²) in [4.78, 5) is 16.0. The first-order chi connectivity index (χ1) is 17.0. The normalized spacial score (nSPS) is 11.2. The molecule has 6 heteroatoms. The van der Waals surface area contributed by atoms with Crippen molar-refractivity contribution in [1.29, 1.82) is 0 Å². The number of carbonyl (C=O) groups excluding carboxylic acids is 1. The smallest absolute Gasteiger partial charge is 0.197 e. The monoisotopic (exact) mass is 491 g/mol. The van der Waals surface area contributed by atoms with E-state index in [0.29, 0.717) is 34.1 Å². The van der Waals surface area contributed by atoms with Crippen molar-refractivity contribution in [2.45, 2.75) is 20.3 Å². The summed E-state index contributed by atoms with van der Waals surface area (Å²) in [7, 11) is 1.62. The second kappa shape index (κ2) is 11.4. The minimum absolute atomic E-state index is 0.120. The number of fused-ring (bicyclic) bond motifs is 1. The molecule has 0 radical (unpaired) electrons. The van der Waals surface area contributed by atoms with Crippen molar-refractivity contribution in [3.05, 3.63) is 82.9 Å². The molecular weight excluding hydrogens is 462 g/mol. The average molecular weight is 492 g/mol. The highest BCUT2D eigenvalue weighted by Crippen LogP contribution is 2.37. The largest absolute Gasteiger partial charge is 0.497 e. The number of hydrogen-bond donors (Lipinski definition) is 0. The van der Waals surface area contributed by atoms with Gasteiger partial charge in [0.15, 0.2) is 5.78 Å². The summed E-state index contributed by atoms with van der Waals surface area (Å²) in [5.41, 5.74) is 2.43. The predicted molar refractivity (Wildman–Crippen MR) is 141 cm³/mol. The number of nitrogens with zero attached hydrogens (tertiary/aromatic N) is 1. The van der Waals surface area contributed by atoms with Crippen molar-refractivity contribution in [3.63, 3.8) is 0 Å². The SMILES string of the molecule is CCN(CC)CCCOc1ccc(C(=O)c2c(-c3ccc(OC)cc3)oc3cc(Cl)ccc23)cc1. The van der Waals surface area contributed by atoms with E-state index in [2.05, 4.69) is 18.7 Å². The summed E-state index contributed by atoms with van der Waals surface area (Å²) < 4.78 is 17.3. The molecule has 0 N–H and O–H groups in total. The van der Waals surface area contributed by atoms with Crippen molar-refractivity contribution in [2.24, 2.45) is 0 Å². The van der Waals surface area contributed by atoms with E-state index in [1.54, 1.807) is 31.4 Å². The summed E-state index contributed by atoms with van der Waals surface area (Å²) in [6.45, 7) is 8.06. The molecule has 35 heavy (non-hydrogen) atoms. The number of ether oxygens (including phenoxy) is 2. The Morgan fingerprint density at radius 3 is 2.29 bits per heavy atom. The van der Waals surface area contributed by atoms with Crippen LogP contribution in [0.4, 0.5) is 0 Å². The molecular formula is C29H30ClNO4. The third kappa shape index (κ3) is 5.69. The number of methoxy groups -OCH3 is 1. The lowest BCUT2D eigenvalue weighted by Gasteiger charge is -2.17. The van der Waals surface area contributed by atoms with Gasteiger partial charge < -0.3 is 18.8 Å². The van der Waals surface area contributed by atoms with Gasteiger partial charge in [-0.05, 0) is 80.2 Å². The highest BCUT2D eigenvalue weighted by Gasteiger charge is 2.23. The van der Waals surface area contributed by atoms with Crippen molar-refractivity contribution >= 4 is 28.4 Å². The van der Waals surface area contributed by atoms with Crippen LogP contribution in [-0.4, -0.2) is 44.0 Å². The van der Waals surface area contributed by atoms with Crippen molar-refractivity contribution in [3.8, 4) is 22.8 Å². The summed E-state index contributed by atoms with van der Waals surface area (Å²) in [6, 6.07) is 20.1. The molecule has 0 aliphatic rings. The summed E-state index contributed by atoms with van der Waals surface area (Å²) in [6.07, 6.45) is 0.956. The molecule has 0 aliphatic heterocycles. The van der Waals surface area contributed by atoms with Gasteiger partial charge in [-0.3, -0.25) is 4.79 Å². The molecule has 0 fully saturated rings. The first-order valence-corrected chi connectivity index (χ1v) is 12.3. The maximum Gasteiger partial charge on any atom is 0.197 e. The number of benzene rings is 3. The van der Waals surface area contributed by atoms with E-state index in [0.717, 1.165) is 48.5 Å². The fourth-order valence-electron chi connectivity index (χ4n) is 4.11. The molecule has 1 aromatic heterocycles. The minimum atomic E-state index is -0.120. The molecule has 0 bridgehead atoms. The molecule has 5 nitrogen and oxygen atoms in total. The molecule has 3 aromatic carbocycles. The van der Waals surface area contributed by atoms with Crippen LogP contribution in [0.3, 0.4) is 0 Å². The van der Waals surface area contributed by atoms with Crippen LogP contribution in [0.1, 0.15) is 36.2 Å². The number of hydrogen-bond acceptors (Lipinski definition) is 5. The van der Waals surface area contributed by atoms with Gasteiger partial charge in [0, 0.05) is 34.1 Å². The molecule has 0 saturated carbocycles. The maximum atomic E-state index is 13.7. The van der Waals surface area contributed by atoms with Crippen LogP contribution >= 0.6 is 11.6 Å². The van der Waals surface area contributed by atoms with Gasteiger partial charge in [0.05, 0.1) is 19.3 Å². The van der Waals surface area contributed by atoms with Crippen LogP contribution in [0.2, 0.25) is 5.02 Å². The predicted octanol–water partition coefficient (Wildman–Crippen LogP) is 7.10. The van der Waals surface area contributed by atoms with Gasteiger partial charge >= 0.3 is 0 Å². The fraction of sp³-hybridized carbons (Fsp3) is 0.276. The van der Waals surface area contributed by atoms with E-state index in [9.17, 15) is 4.79 Å². The van der Waals surface area contributed by atoms with Crippen LogP contribution < -0.4 is 9.47 Å². The fourth-order valence-corrected chi connectivity index (χ4v) is 4.27. The zero-order chi connectivity index (χ0) is 24.8. The van der Waals surface area contributed by atoms with Gasteiger partial charge in [-0.15, -0.1) is 0 Å². The van der Waals surface area contributed by atoms with Crippen molar-refractivity contribution in [1.82, 2.24) is 4.90 Å². The van der Waals surface area contributed by atoms with Crippen LogP contribution in [0, 0.1) is 0 Å². The van der Waals surface area contributed by atoms with Crippen LogP contribution in [0.15, 0.2) is 71.1 Å². The first-order valence-electron chi connectivity index (χ1n) is 11.9. The number of carbonyl (C=O) groups is 1. The molecule has 4 rings (SSSR count). The van der Waals surface area contributed by atoms with Crippen LogP contribution in [0.5, 0.6) is 11.5 Å². The maximum absolute atomic E-state index is 13.7. The third-order valence-electron chi connectivity index (χ3n) is 6.13. The highest BCUT2D eigenvalue weighted by atomic mass is 35.5. The Hall–Kier alpha value is -3.28. The van der Waals surface area contributed by atoms with Gasteiger partial charge in [0.25, 0.3) is 0 Å². The van der Waals surface area contributed by atoms with E-state index in [1.807, 2.05) is 42.5 Å². The number of rotatable bonds is 11. The second-order valence-electron chi connectivity index (χ2n) is 8.26. The van der Waals surface area contributed by atoms with E-state index >= 15 is 0 Å². The topological polar surface area (TPSA) is 51.9 Å². The highest BCUT2D eigenvalue weighted by molar-refractivity contribution is 6.31. The van der Waals surface area contributed by atoms with Gasteiger partial charge in [0.1, 0.15) is 22.8 Å². The molecule has 0 spiro atoms. The van der Waals surface area contributed by atoms with E-state index in [4.69, 9.17) is 25.5 Å². The van der Waals surface area contributed by atoms with Gasteiger partial charge in [-0.2, -0.15) is 0 Å². The zero-order valence-corrected chi connectivity index (χ0v) is 21.1. The van der Waals surface area contributed by atoms with E-state index in [-0.39, 0.29) is 5.78 Å². The molecule has 1 heterocycles. The lowest BCUT2D eigenvalue weighted by molar-refractivity contribution is 0.104. The number of halogens is 1. The number of furan rings is 1. The Kier molecular flexibility index (Phi) is 8.11. The average Bonchev–Trinajstić information content (AvgIpc) is 3.27. The molecule has 0 unspecified atom stereocenters. The minimum Gasteiger partial charge on any atom is -0.497 e. The summed E-state index contributed by atoms with van der Waals surface area (Å²) >= 11 is 6.19. The molecule has 4 aromatic rings. The van der Waals surface area contributed by atoms with E-state index < -0.39 is 0 Å². The Morgan fingerprint density at radius 1 is 0.943 bits per heavy atom. The van der Waals surface area contributed by atoms with E-state index in [1.165, 1.54) is 0 Å². The standard InChI is InChI=1S/C29H30ClNO4/c1-4-31(5-2)17-6-18-34-24-14-7-20(8-15-24)28(32)27-25-16-11-22(30)19-26(25)35-29(27)21-9-12-23(33-3)13-10-21/h7-16,19H,4-6,17-18H2,1-3H3. The Labute approximate surface area is 211 Å².